The predicted molar refractivity (Wildman–Crippen MR) is 82.5 cm³/mol. The van der Waals surface area contributed by atoms with Crippen LogP contribution in [0.1, 0.15) is 43.6 Å². The number of phenolic OH excluding ortho intramolecular Hbond substituents is 1. The molecule has 2 heterocycles. The fourth-order valence-corrected chi connectivity index (χ4v) is 2.62. The molecule has 0 aliphatic carbocycles. The third-order valence-electron chi connectivity index (χ3n) is 3.71. The first-order valence-electron chi connectivity index (χ1n) is 7.41. The van der Waals surface area contributed by atoms with Crippen LogP contribution in [0.3, 0.4) is 0 Å². The molecule has 2 aromatic rings. The van der Waals surface area contributed by atoms with E-state index in [9.17, 15) is 9.90 Å². The minimum absolute atomic E-state index is 0.00197. The summed E-state index contributed by atoms with van der Waals surface area (Å²) in [6.07, 6.45) is 3.45. The Bertz CT molecular complexity index is 674. The van der Waals surface area contributed by atoms with Gasteiger partial charge in [-0.05, 0) is 36.2 Å². The Morgan fingerprint density at radius 2 is 2.14 bits per heavy atom. The van der Waals surface area contributed by atoms with E-state index in [1.807, 2.05) is 31.2 Å². The van der Waals surface area contributed by atoms with E-state index in [0.717, 1.165) is 17.7 Å². The van der Waals surface area contributed by atoms with Gasteiger partial charge in [0.05, 0.1) is 12.3 Å². The van der Waals surface area contributed by atoms with Crippen molar-refractivity contribution >= 4 is 11.6 Å². The van der Waals surface area contributed by atoms with Crippen LogP contribution in [0.15, 0.2) is 52.2 Å². The maximum Gasteiger partial charge on any atom is 0.243 e. The number of nitrogens with zero attached hydrogens (tertiary/aromatic N) is 2. The van der Waals surface area contributed by atoms with Crippen molar-refractivity contribution in [3.05, 3.63) is 54.0 Å². The van der Waals surface area contributed by atoms with Crippen molar-refractivity contribution in [2.24, 2.45) is 5.10 Å². The van der Waals surface area contributed by atoms with Crippen LogP contribution in [0.4, 0.5) is 0 Å². The van der Waals surface area contributed by atoms with E-state index in [2.05, 4.69) is 5.10 Å². The lowest BCUT2D eigenvalue weighted by Crippen LogP contribution is -2.26. The fraction of sp³-hybridized carbons (Fsp3) is 0.294. The Balaban J connectivity index is 1.91. The third-order valence-corrected chi connectivity index (χ3v) is 3.71. The van der Waals surface area contributed by atoms with E-state index in [1.54, 1.807) is 23.4 Å². The zero-order valence-corrected chi connectivity index (χ0v) is 12.4. The number of furan rings is 1. The maximum absolute atomic E-state index is 12.3. The van der Waals surface area contributed by atoms with Crippen molar-refractivity contribution < 1.29 is 14.3 Å². The van der Waals surface area contributed by atoms with Gasteiger partial charge in [-0.25, -0.2) is 5.01 Å². The van der Waals surface area contributed by atoms with E-state index in [1.165, 1.54) is 0 Å². The van der Waals surface area contributed by atoms with Crippen LogP contribution in [0.5, 0.6) is 5.75 Å². The van der Waals surface area contributed by atoms with Gasteiger partial charge >= 0.3 is 0 Å². The van der Waals surface area contributed by atoms with E-state index in [4.69, 9.17) is 4.42 Å². The molecule has 0 unspecified atom stereocenters. The van der Waals surface area contributed by atoms with Crippen molar-refractivity contribution in [2.45, 2.75) is 32.2 Å². The Hall–Kier alpha value is -2.56. The molecular weight excluding hydrogens is 280 g/mol. The molecule has 0 spiro atoms. The van der Waals surface area contributed by atoms with Gasteiger partial charge in [0.1, 0.15) is 17.2 Å². The first kappa shape index (κ1) is 14.4. The predicted octanol–water partition coefficient (Wildman–Crippen LogP) is 3.46. The molecule has 0 fully saturated rings. The summed E-state index contributed by atoms with van der Waals surface area (Å²) in [5.41, 5.74) is 1.72. The SMILES string of the molecule is CCCC(=O)N1N=C(c2ccco2)C[C@@H]1c1ccc(O)cc1. The van der Waals surface area contributed by atoms with Crippen molar-refractivity contribution in [2.75, 3.05) is 0 Å². The van der Waals surface area contributed by atoms with E-state index in [-0.39, 0.29) is 17.7 Å². The van der Waals surface area contributed by atoms with Crippen LogP contribution >= 0.6 is 0 Å². The largest absolute Gasteiger partial charge is 0.508 e. The number of carbonyl (C=O) groups excluding carboxylic acids is 1. The number of phenols is 1. The highest BCUT2D eigenvalue weighted by Gasteiger charge is 2.33. The van der Waals surface area contributed by atoms with Gasteiger partial charge in [-0.2, -0.15) is 5.10 Å². The molecule has 0 bridgehead atoms. The summed E-state index contributed by atoms with van der Waals surface area (Å²) < 4.78 is 5.40. The Morgan fingerprint density at radius 1 is 1.36 bits per heavy atom. The van der Waals surface area contributed by atoms with Gasteiger partial charge in [-0.1, -0.05) is 19.1 Å². The molecule has 1 atom stereocenters. The number of benzene rings is 1. The molecule has 1 aliphatic rings. The maximum atomic E-state index is 12.3. The first-order valence-corrected chi connectivity index (χ1v) is 7.41. The summed E-state index contributed by atoms with van der Waals surface area (Å²) in [5, 5.41) is 15.5. The topological polar surface area (TPSA) is 66.0 Å². The molecule has 1 N–H and O–H groups in total. The molecule has 1 aliphatic heterocycles. The Kier molecular flexibility index (Phi) is 3.96. The van der Waals surface area contributed by atoms with Gasteiger partial charge in [0.2, 0.25) is 5.91 Å². The van der Waals surface area contributed by atoms with E-state index >= 15 is 0 Å². The molecule has 1 aromatic carbocycles. The molecular formula is C17H18N2O3. The molecule has 3 rings (SSSR count). The monoisotopic (exact) mass is 298 g/mol. The molecule has 0 radical (unpaired) electrons. The van der Waals surface area contributed by atoms with Gasteiger partial charge in [-0.15, -0.1) is 0 Å². The molecule has 0 saturated heterocycles. The van der Waals surface area contributed by atoms with Crippen LogP contribution < -0.4 is 0 Å². The number of amides is 1. The molecule has 22 heavy (non-hydrogen) atoms. The number of carbonyl (C=O) groups is 1. The number of rotatable bonds is 4. The molecule has 5 heteroatoms. The summed E-state index contributed by atoms with van der Waals surface area (Å²) in [5.74, 6) is 0.901. The minimum atomic E-state index is -0.153. The van der Waals surface area contributed by atoms with Gasteiger partial charge in [-0.3, -0.25) is 4.79 Å². The number of hydrogen-bond donors (Lipinski definition) is 1. The van der Waals surface area contributed by atoms with Crippen molar-refractivity contribution in [1.82, 2.24) is 5.01 Å². The van der Waals surface area contributed by atoms with Gasteiger partial charge in [0, 0.05) is 12.8 Å². The molecule has 5 nitrogen and oxygen atoms in total. The van der Waals surface area contributed by atoms with Gasteiger partial charge in [0.25, 0.3) is 0 Å². The lowest BCUT2D eigenvalue weighted by molar-refractivity contribution is -0.133. The smallest absolute Gasteiger partial charge is 0.243 e. The van der Waals surface area contributed by atoms with Crippen LogP contribution in [0, 0.1) is 0 Å². The van der Waals surface area contributed by atoms with E-state index in [0.29, 0.717) is 18.6 Å². The Morgan fingerprint density at radius 3 is 2.77 bits per heavy atom. The lowest BCUT2D eigenvalue weighted by atomic mass is 10.0. The van der Waals surface area contributed by atoms with Gasteiger partial charge in [0.15, 0.2) is 0 Å². The average molecular weight is 298 g/mol. The third kappa shape index (κ3) is 2.74. The summed E-state index contributed by atoms with van der Waals surface area (Å²) in [6, 6.07) is 10.4. The number of hydrazone groups is 1. The highest BCUT2D eigenvalue weighted by atomic mass is 16.3. The zero-order chi connectivity index (χ0) is 15.5. The first-order chi connectivity index (χ1) is 10.7. The second-order valence-corrected chi connectivity index (χ2v) is 5.32. The quantitative estimate of drug-likeness (QED) is 0.940. The van der Waals surface area contributed by atoms with Crippen LogP contribution in [-0.2, 0) is 4.79 Å². The van der Waals surface area contributed by atoms with Crippen LogP contribution in [0.2, 0.25) is 0 Å². The van der Waals surface area contributed by atoms with Crippen LogP contribution in [-0.4, -0.2) is 21.7 Å². The summed E-state index contributed by atoms with van der Waals surface area (Å²) in [4.78, 5) is 12.3. The lowest BCUT2D eigenvalue weighted by Gasteiger charge is -2.21. The number of hydrogen-bond acceptors (Lipinski definition) is 4. The highest BCUT2D eigenvalue weighted by molar-refractivity contribution is 6.01. The molecule has 0 saturated carbocycles. The zero-order valence-electron chi connectivity index (χ0n) is 12.4. The molecule has 1 amide bonds. The summed E-state index contributed by atoms with van der Waals surface area (Å²) in [6.45, 7) is 1.97. The molecule has 114 valence electrons. The Labute approximate surface area is 128 Å². The average Bonchev–Trinajstić information content (AvgIpc) is 3.17. The van der Waals surface area contributed by atoms with Gasteiger partial charge < -0.3 is 9.52 Å². The summed E-state index contributed by atoms with van der Waals surface area (Å²) >= 11 is 0. The fourth-order valence-electron chi connectivity index (χ4n) is 2.62. The van der Waals surface area contributed by atoms with Crippen molar-refractivity contribution in [1.29, 1.82) is 0 Å². The number of aromatic hydroxyl groups is 1. The summed E-state index contributed by atoms with van der Waals surface area (Å²) in [7, 11) is 0. The second-order valence-electron chi connectivity index (χ2n) is 5.32. The van der Waals surface area contributed by atoms with Crippen LogP contribution in [0.25, 0.3) is 0 Å². The standard InChI is InChI=1S/C17H18N2O3/c1-2-4-17(21)19-15(12-6-8-13(20)9-7-12)11-14(18-19)16-5-3-10-22-16/h3,5-10,15,20H,2,4,11H2,1H3/t15-/m1/s1. The second kappa shape index (κ2) is 6.05. The molecule has 1 aromatic heterocycles. The van der Waals surface area contributed by atoms with E-state index < -0.39 is 0 Å². The highest BCUT2D eigenvalue weighted by Crippen LogP contribution is 2.34. The normalized spacial score (nSPS) is 17.6. The van der Waals surface area contributed by atoms with Crippen molar-refractivity contribution in [3.63, 3.8) is 0 Å². The van der Waals surface area contributed by atoms with Crippen molar-refractivity contribution in [3.8, 4) is 5.75 Å². The minimum Gasteiger partial charge on any atom is -0.508 e.